The van der Waals surface area contributed by atoms with Crippen LogP contribution in [0, 0.1) is 6.92 Å². The van der Waals surface area contributed by atoms with Gasteiger partial charge in [-0.15, -0.1) is 0 Å². The number of carbonyl (C=O) groups excluding carboxylic acids is 1. The minimum atomic E-state index is -0.530. The molecule has 0 unspecified atom stereocenters. The van der Waals surface area contributed by atoms with E-state index in [1.165, 1.54) is 0 Å². The highest BCUT2D eigenvalue weighted by Crippen LogP contribution is 2.43. The third-order valence-corrected chi connectivity index (χ3v) is 4.48. The van der Waals surface area contributed by atoms with Crippen molar-refractivity contribution in [2.45, 2.75) is 13.8 Å². The van der Waals surface area contributed by atoms with E-state index in [4.69, 9.17) is 9.15 Å². The third kappa shape index (κ3) is 2.61. The Labute approximate surface area is 141 Å². The number of phenols is 1. The van der Waals surface area contributed by atoms with E-state index in [9.17, 15) is 9.90 Å². The Morgan fingerprint density at radius 2 is 2.00 bits per heavy atom. The van der Waals surface area contributed by atoms with Gasteiger partial charge in [-0.25, -0.2) is 4.79 Å². The fourth-order valence-electron chi connectivity index (χ4n) is 2.58. The zero-order chi connectivity index (χ0) is 16.6. The van der Waals surface area contributed by atoms with Gasteiger partial charge in [0.05, 0.1) is 16.5 Å². The molecule has 0 aliphatic heterocycles. The van der Waals surface area contributed by atoms with Crippen LogP contribution in [0.2, 0.25) is 0 Å². The zero-order valence-corrected chi connectivity index (χ0v) is 14.3. The molecule has 0 aliphatic rings. The van der Waals surface area contributed by atoms with E-state index in [0.717, 1.165) is 11.1 Å². The van der Waals surface area contributed by atoms with Crippen molar-refractivity contribution in [2.24, 2.45) is 0 Å². The SMILES string of the molecule is CCOC(=O)c1oc2cc(-c3ccccc3)c(Br)c(O)c2c1C. The first-order valence-electron chi connectivity index (χ1n) is 7.21. The second kappa shape index (κ2) is 6.08. The van der Waals surface area contributed by atoms with Crippen LogP contribution >= 0.6 is 15.9 Å². The standard InChI is InChI=1S/C18H15BrO4/c1-3-22-18(21)17-10(2)14-13(23-17)9-12(15(19)16(14)20)11-7-5-4-6-8-11/h4-9,20H,3H2,1-2H3. The van der Waals surface area contributed by atoms with Gasteiger partial charge < -0.3 is 14.3 Å². The molecule has 0 saturated heterocycles. The number of phenolic OH excluding ortho intramolecular Hbond substituents is 1. The number of fused-ring (bicyclic) bond motifs is 1. The molecule has 0 amide bonds. The molecule has 1 aromatic heterocycles. The molecule has 3 aromatic rings. The summed E-state index contributed by atoms with van der Waals surface area (Å²) < 4.78 is 11.2. The molecule has 23 heavy (non-hydrogen) atoms. The topological polar surface area (TPSA) is 59.7 Å². The van der Waals surface area contributed by atoms with Gasteiger partial charge in [0.2, 0.25) is 5.76 Å². The maximum Gasteiger partial charge on any atom is 0.374 e. The summed E-state index contributed by atoms with van der Waals surface area (Å²) in [5.74, 6) is -0.356. The number of carbonyl (C=O) groups is 1. The van der Waals surface area contributed by atoms with Crippen molar-refractivity contribution < 1.29 is 19.1 Å². The normalized spacial score (nSPS) is 10.9. The number of furan rings is 1. The molecular weight excluding hydrogens is 360 g/mol. The van der Waals surface area contributed by atoms with E-state index in [2.05, 4.69) is 15.9 Å². The summed E-state index contributed by atoms with van der Waals surface area (Å²) in [5, 5.41) is 11.1. The van der Waals surface area contributed by atoms with E-state index in [1.54, 1.807) is 13.8 Å². The first-order chi connectivity index (χ1) is 11.0. The first-order valence-corrected chi connectivity index (χ1v) is 8.01. The smallest absolute Gasteiger partial charge is 0.374 e. The number of hydrogen-bond donors (Lipinski definition) is 1. The highest BCUT2D eigenvalue weighted by molar-refractivity contribution is 9.10. The van der Waals surface area contributed by atoms with Crippen LogP contribution in [0.3, 0.4) is 0 Å². The Morgan fingerprint density at radius 3 is 2.65 bits per heavy atom. The minimum absolute atomic E-state index is 0.0538. The Morgan fingerprint density at radius 1 is 1.30 bits per heavy atom. The fourth-order valence-corrected chi connectivity index (χ4v) is 3.12. The summed E-state index contributed by atoms with van der Waals surface area (Å²) in [6, 6.07) is 11.4. The molecule has 118 valence electrons. The van der Waals surface area contributed by atoms with Crippen molar-refractivity contribution in [1.82, 2.24) is 0 Å². The largest absolute Gasteiger partial charge is 0.506 e. The molecule has 4 nitrogen and oxygen atoms in total. The quantitative estimate of drug-likeness (QED) is 0.651. The third-order valence-electron chi connectivity index (χ3n) is 3.68. The van der Waals surface area contributed by atoms with Crippen LogP contribution in [0.15, 0.2) is 45.3 Å². The maximum atomic E-state index is 12.0. The summed E-state index contributed by atoms with van der Waals surface area (Å²) in [4.78, 5) is 12.0. The summed E-state index contributed by atoms with van der Waals surface area (Å²) in [6.07, 6.45) is 0. The van der Waals surface area contributed by atoms with Crippen LogP contribution < -0.4 is 0 Å². The lowest BCUT2D eigenvalue weighted by molar-refractivity contribution is 0.0491. The summed E-state index contributed by atoms with van der Waals surface area (Å²) in [7, 11) is 0. The number of rotatable bonds is 3. The number of hydrogen-bond acceptors (Lipinski definition) is 4. The highest BCUT2D eigenvalue weighted by atomic mass is 79.9. The van der Waals surface area contributed by atoms with Crippen molar-refractivity contribution in [3.8, 4) is 16.9 Å². The van der Waals surface area contributed by atoms with E-state index in [-0.39, 0.29) is 18.1 Å². The van der Waals surface area contributed by atoms with Gasteiger partial charge in [0, 0.05) is 11.1 Å². The van der Waals surface area contributed by atoms with Gasteiger partial charge in [-0.3, -0.25) is 0 Å². The number of esters is 1. The Kier molecular flexibility index (Phi) is 4.13. The molecule has 2 aromatic carbocycles. The molecule has 0 bridgehead atoms. The molecule has 0 radical (unpaired) electrons. The molecular formula is C18H15BrO4. The Hall–Kier alpha value is -2.27. The molecule has 0 spiro atoms. The molecule has 0 fully saturated rings. The molecule has 1 heterocycles. The minimum Gasteiger partial charge on any atom is -0.506 e. The molecule has 0 atom stereocenters. The maximum absolute atomic E-state index is 12.0. The van der Waals surface area contributed by atoms with Crippen molar-refractivity contribution in [3.63, 3.8) is 0 Å². The van der Waals surface area contributed by atoms with Crippen LogP contribution in [0.5, 0.6) is 5.75 Å². The van der Waals surface area contributed by atoms with Crippen LogP contribution in [0.4, 0.5) is 0 Å². The van der Waals surface area contributed by atoms with Crippen LogP contribution in [-0.2, 0) is 4.74 Å². The van der Waals surface area contributed by atoms with Crippen molar-refractivity contribution in [3.05, 3.63) is 52.2 Å². The van der Waals surface area contributed by atoms with E-state index in [0.29, 0.717) is 21.0 Å². The number of aryl methyl sites for hydroxylation is 1. The van der Waals surface area contributed by atoms with E-state index < -0.39 is 5.97 Å². The van der Waals surface area contributed by atoms with Gasteiger partial charge in [0.15, 0.2) is 0 Å². The van der Waals surface area contributed by atoms with Crippen LogP contribution in [0.25, 0.3) is 22.1 Å². The second-order valence-corrected chi connectivity index (χ2v) is 5.90. The van der Waals surface area contributed by atoms with E-state index in [1.807, 2.05) is 36.4 Å². The molecule has 0 aliphatic carbocycles. The first kappa shape index (κ1) is 15.6. The lowest BCUT2D eigenvalue weighted by Gasteiger charge is -2.07. The fraction of sp³-hybridized carbons (Fsp3) is 0.167. The molecule has 3 rings (SSSR count). The number of benzene rings is 2. The molecule has 1 N–H and O–H groups in total. The second-order valence-electron chi connectivity index (χ2n) is 5.10. The van der Waals surface area contributed by atoms with Gasteiger partial charge in [0.1, 0.15) is 11.3 Å². The average Bonchev–Trinajstić information content (AvgIpc) is 2.89. The van der Waals surface area contributed by atoms with Crippen molar-refractivity contribution in [2.75, 3.05) is 6.61 Å². The summed E-state index contributed by atoms with van der Waals surface area (Å²) >= 11 is 3.44. The van der Waals surface area contributed by atoms with Gasteiger partial charge in [0.25, 0.3) is 0 Å². The summed E-state index contributed by atoms with van der Waals surface area (Å²) in [5.41, 5.74) is 2.74. The predicted molar refractivity (Wildman–Crippen MR) is 91.7 cm³/mol. The van der Waals surface area contributed by atoms with E-state index >= 15 is 0 Å². The lowest BCUT2D eigenvalue weighted by Crippen LogP contribution is -2.04. The molecule has 5 heteroatoms. The van der Waals surface area contributed by atoms with Crippen molar-refractivity contribution >= 4 is 32.9 Å². The van der Waals surface area contributed by atoms with Crippen molar-refractivity contribution in [1.29, 1.82) is 0 Å². The van der Waals surface area contributed by atoms with Crippen LogP contribution in [-0.4, -0.2) is 17.7 Å². The Balaban J connectivity index is 2.25. The predicted octanol–water partition coefficient (Wildman–Crippen LogP) is 5.05. The van der Waals surface area contributed by atoms with Gasteiger partial charge in [-0.1, -0.05) is 30.3 Å². The number of halogens is 1. The zero-order valence-electron chi connectivity index (χ0n) is 12.7. The Bertz CT molecular complexity index is 881. The highest BCUT2D eigenvalue weighted by Gasteiger charge is 2.23. The molecule has 0 saturated carbocycles. The van der Waals surface area contributed by atoms with Gasteiger partial charge in [-0.05, 0) is 41.4 Å². The number of ether oxygens (including phenoxy) is 1. The lowest BCUT2D eigenvalue weighted by atomic mass is 10.0. The van der Waals surface area contributed by atoms with Crippen LogP contribution in [0.1, 0.15) is 23.0 Å². The average molecular weight is 375 g/mol. The monoisotopic (exact) mass is 374 g/mol. The summed E-state index contributed by atoms with van der Waals surface area (Å²) in [6.45, 7) is 3.73. The van der Waals surface area contributed by atoms with Gasteiger partial charge >= 0.3 is 5.97 Å². The number of aromatic hydroxyl groups is 1. The van der Waals surface area contributed by atoms with Gasteiger partial charge in [-0.2, -0.15) is 0 Å².